The Bertz CT molecular complexity index is 2660. The molecule has 2 aromatic carbocycles. The van der Waals surface area contributed by atoms with E-state index in [0.29, 0.717) is 76.8 Å². The van der Waals surface area contributed by atoms with Crippen molar-refractivity contribution in [1.29, 1.82) is 0 Å². The highest BCUT2D eigenvalue weighted by atomic mass is 35.5. The van der Waals surface area contributed by atoms with Crippen molar-refractivity contribution >= 4 is 68.4 Å². The molecule has 0 bridgehead atoms. The minimum Gasteiger partial charge on any atom is -0.480 e. The molecular weight excluding hydrogens is 818 g/mol. The lowest BCUT2D eigenvalue weighted by Crippen LogP contribution is -2.45. The summed E-state index contributed by atoms with van der Waals surface area (Å²) >= 11 is 6.66. The molecule has 326 valence electrons. The first-order valence-corrected chi connectivity index (χ1v) is 22.2. The summed E-state index contributed by atoms with van der Waals surface area (Å²) in [6.45, 7) is 6.17. The summed E-state index contributed by atoms with van der Waals surface area (Å²) in [7, 11) is 3.53. The molecule has 0 radical (unpaired) electrons. The molecule has 1 unspecified atom stereocenters. The molecule has 3 aromatic heterocycles. The van der Waals surface area contributed by atoms with Gasteiger partial charge in [-0.2, -0.15) is 10.1 Å². The van der Waals surface area contributed by atoms with Gasteiger partial charge in [0.1, 0.15) is 5.02 Å². The number of benzene rings is 2. The highest BCUT2D eigenvalue weighted by Crippen LogP contribution is 2.46. The second kappa shape index (κ2) is 15.8. The van der Waals surface area contributed by atoms with Crippen LogP contribution in [0.1, 0.15) is 75.0 Å². The van der Waals surface area contributed by atoms with Gasteiger partial charge in [-0.05, 0) is 105 Å². The monoisotopic (exact) mass is 868 g/mol. The van der Waals surface area contributed by atoms with Gasteiger partial charge in [-0.25, -0.2) is 13.8 Å². The molecule has 14 nitrogen and oxygen atoms in total. The molecule has 1 aliphatic carbocycles. The molecule has 4 fully saturated rings. The number of nitrogens with zero attached hydrogens (tertiary/aromatic N) is 7. The molecule has 10 rings (SSSR count). The molecule has 7 heterocycles. The average molecular weight is 869 g/mol. The van der Waals surface area contributed by atoms with Crippen LogP contribution in [0.5, 0.6) is 5.75 Å². The Balaban J connectivity index is 0.777. The SMILES string of the molecule is C[C@H]1CN(c2ncc(Cl)c(Nc3ccc4c(c3)c3c(c(=O)n4C)OCC(F)(F)[C@H](C4CC4)N3)n2)CC[C@H]1CN1CCC(c2ccc3c(C4CCC(=O)NC4=O)nn(C)c3c2)CC1. The van der Waals surface area contributed by atoms with E-state index in [1.54, 1.807) is 19.3 Å². The van der Waals surface area contributed by atoms with E-state index in [0.717, 1.165) is 68.6 Å². The number of aromatic nitrogens is 5. The van der Waals surface area contributed by atoms with Crippen LogP contribution in [0.15, 0.2) is 47.4 Å². The summed E-state index contributed by atoms with van der Waals surface area (Å²) in [6.07, 6.45) is 6.97. The van der Waals surface area contributed by atoms with Crippen LogP contribution in [-0.2, 0) is 23.7 Å². The number of amides is 2. The number of anilines is 4. The Morgan fingerprint density at radius 1 is 0.968 bits per heavy atom. The van der Waals surface area contributed by atoms with Crippen LogP contribution < -0.4 is 31.1 Å². The first-order chi connectivity index (χ1) is 29.8. The summed E-state index contributed by atoms with van der Waals surface area (Å²) in [5.74, 6) is -1.92. The third kappa shape index (κ3) is 7.52. The highest BCUT2D eigenvalue weighted by Gasteiger charge is 2.51. The second-order valence-corrected chi connectivity index (χ2v) is 18.5. The average Bonchev–Trinajstić information content (AvgIpc) is 4.06. The molecule has 5 aromatic rings. The van der Waals surface area contributed by atoms with E-state index < -0.39 is 30.0 Å². The lowest BCUT2D eigenvalue weighted by Gasteiger charge is -2.41. The maximum atomic E-state index is 15.2. The van der Waals surface area contributed by atoms with Crippen LogP contribution in [-0.4, -0.2) is 92.3 Å². The number of piperidine rings is 3. The van der Waals surface area contributed by atoms with Gasteiger partial charge in [0.05, 0.1) is 40.6 Å². The summed E-state index contributed by atoms with van der Waals surface area (Å²) in [6, 6.07) is 10.8. The molecule has 3 saturated heterocycles. The summed E-state index contributed by atoms with van der Waals surface area (Å²) < 4.78 is 39.2. The van der Waals surface area contributed by atoms with Gasteiger partial charge in [0.2, 0.25) is 23.5 Å². The minimum atomic E-state index is -3.13. The number of ether oxygens (including phenoxy) is 1. The van der Waals surface area contributed by atoms with E-state index in [-0.39, 0.29) is 29.2 Å². The van der Waals surface area contributed by atoms with Crippen molar-refractivity contribution in [2.24, 2.45) is 31.8 Å². The molecule has 62 heavy (non-hydrogen) atoms. The molecule has 17 heteroatoms. The standard InChI is InChI=1S/C45H51ClF2N10O4/c1-24-21-58(17-14-28(24)22-57-15-12-25(13-16-57)27-6-8-30-35(18-27)56(3)54-37(30)31-9-11-36(59)51-42(31)60)44-49-20-33(46)41(53-44)50-29-7-10-34-32(19-29)38-39(43(61)55(34)2)62-23-45(47,48)40(52-38)26-4-5-26/h6-8,10,18-20,24-26,28,31,40,52H,4-5,9,11-17,21-23H2,1-3H3,(H,49,50,53)(H,51,59,60)/t24-,28-,31?,40-/m0/s1. The fourth-order valence-electron chi connectivity index (χ4n) is 10.2. The van der Waals surface area contributed by atoms with Crippen molar-refractivity contribution in [1.82, 2.24) is 34.5 Å². The fourth-order valence-corrected chi connectivity index (χ4v) is 10.4. The number of pyridine rings is 1. The Kier molecular flexibility index (Phi) is 10.4. The van der Waals surface area contributed by atoms with E-state index in [1.807, 2.05) is 23.9 Å². The normalized spacial score (nSPS) is 24.6. The van der Waals surface area contributed by atoms with Crippen molar-refractivity contribution in [2.45, 2.75) is 75.7 Å². The predicted octanol–water partition coefficient (Wildman–Crippen LogP) is 6.69. The van der Waals surface area contributed by atoms with Gasteiger partial charge in [-0.1, -0.05) is 30.7 Å². The van der Waals surface area contributed by atoms with E-state index in [2.05, 4.69) is 55.9 Å². The third-order valence-electron chi connectivity index (χ3n) is 14.0. The maximum Gasteiger partial charge on any atom is 0.301 e. The maximum absolute atomic E-state index is 15.2. The zero-order valence-corrected chi connectivity index (χ0v) is 35.9. The number of rotatable bonds is 8. The molecular formula is C45H51ClF2N10O4. The Labute approximate surface area is 362 Å². The molecule has 5 aliphatic rings. The Hall–Kier alpha value is -5.35. The van der Waals surface area contributed by atoms with Crippen LogP contribution in [0.2, 0.25) is 5.02 Å². The van der Waals surface area contributed by atoms with Gasteiger partial charge in [0.15, 0.2) is 12.4 Å². The van der Waals surface area contributed by atoms with Crippen molar-refractivity contribution in [3.63, 3.8) is 0 Å². The van der Waals surface area contributed by atoms with Crippen LogP contribution in [0.4, 0.5) is 31.9 Å². The number of likely N-dealkylation sites (tertiary alicyclic amines) is 1. The molecule has 3 N–H and O–H groups in total. The first kappa shape index (κ1) is 40.7. The van der Waals surface area contributed by atoms with E-state index in [4.69, 9.17) is 26.4 Å². The number of halogens is 3. The number of alkyl halides is 2. The van der Waals surface area contributed by atoms with Gasteiger partial charge >= 0.3 is 5.92 Å². The zero-order chi connectivity index (χ0) is 43.0. The number of imide groups is 1. The van der Waals surface area contributed by atoms with Gasteiger partial charge < -0.3 is 29.7 Å². The van der Waals surface area contributed by atoms with Crippen molar-refractivity contribution in [2.75, 3.05) is 54.9 Å². The zero-order valence-electron chi connectivity index (χ0n) is 35.1. The Morgan fingerprint density at radius 2 is 1.77 bits per heavy atom. The van der Waals surface area contributed by atoms with E-state index in [9.17, 15) is 14.4 Å². The topological polar surface area (TPSA) is 152 Å². The Morgan fingerprint density at radius 3 is 2.53 bits per heavy atom. The number of nitrogens with one attached hydrogen (secondary N) is 3. The minimum absolute atomic E-state index is 0.104. The number of carbonyl (C=O) groups is 2. The third-order valence-corrected chi connectivity index (χ3v) is 14.3. The summed E-state index contributed by atoms with van der Waals surface area (Å²) in [5.41, 5.74) is 4.07. The van der Waals surface area contributed by atoms with Crippen molar-refractivity contribution < 1.29 is 23.1 Å². The van der Waals surface area contributed by atoms with Crippen LogP contribution in [0.25, 0.3) is 21.8 Å². The predicted molar refractivity (Wildman–Crippen MR) is 234 cm³/mol. The molecule has 4 atom stereocenters. The molecule has 2 amide bonds. The van der Waals surface area contributed by atoms with Gasteiger partial charge in [0.25, 0.3) is 5.56 Å². The first-order valence-electron chi connectivity index (χ1n) is 21.8. The lowest BCUT2D eigenvalue weighted by molar-refractivity contribution is -0.134. The molecule has 0 spiro atoms. The van der Waals surface area contributed by atoms with Gasteiger partial charge in [-0.15, -0.1) is 0 Å². The summed E-state index contributed by atoms with van der Waals surface area (Å²) in [4.78, 5) is 51.9. The number of hydrogen-bond acceptors (Lipinski definition) is 11. The quantitative estimate of drug-likeness (QED) is 0.143. The van der Waals surface area contributed by atoms with Crippen LogP contribution in [0.3, 0.4) is 0 Å². The lowest BCUT2D eigenvalue weighted by atomic mass is 9.84. The number of carbonyl (C=O) groups excluding carboxylic acids is 2. The number of aryl methyl sites for hydroxylation is 2. The smallest absolute Gasteiger partial charge is 0.301 e. The molecule has 1 saturated carbocycles. The second-order valence-electron chi connectivity index (χ2n) is 18.1. The number of hydrogen-bond donors (Lipinski definition) is 3. The van der Waals surface area contributed by atoms with E-state index >= 15 is 8.78 Å². The van der Waals surface area contributed by atoms with E-state index in [1.165, 1.54) is 10.1 Å². The summed E-state index contributed by atoms with van der Waals surface area (Å²) in [5, 5.41) is 15.5. The number of fused-ring (bicyclic) bond motifs is 4. The van der Waals surface area contributed by atoms with Gasteiger partial charge in [0, 0.05) is 56.6 Å². The fraction of sp³-hybridized carbons (Fsp3) is 0.511. The van der Waals surface area contributed by atoms with Gasteiger partial charge in [-0.3, -0.25) is 24.4 Å². The van der Waals surface area contributed by atoms with Crippen LogP contribution in [0, 0.1) is 17.8 Å². The highest BCUT2D eigenvalue weighted by molar-refractivity contribution is 6.33. The molecule has 4 aliphatic heterocycles. The largest absolute Gasteiger partial charge is 0.480 e. The van der Waals surface area contributed by atoms with Crippen LogP contribution >= 0.6 is 11.6 Å². The van der Waals surface area contributed by atoms with Crippen molar-refractivity contribution in [3.05, 3.63) is 69.2 Å². The van der Waals surface area contributed by atoms with Crippen molar-refractivity contribution in [3.8, 4) is 5.75 Å².